The van der Waals surface area contributed by atoms with Crippen LogP contribution < -0.4 is 10.2 Å². The minimum absolute atomic E-state index is 0.0543. The van der Waals surface area contributed by atoms with Crippen LogP contribution in [0.1, 0.15) is 11.1 Å². The van der Waals surface area contributed by atoms with Gasteiger partial charge in [0.25, 0.3) is 0 Å². The zero-order chi connectivity index (χ0) is 20.3. The Balaban J connectivity index is 1.64. The summed E-state index contributed by atoms with van der Waals surface area (Å²) in [7, 11) is 0. The first-order chi connectivity index (χ1) is 13.3. The molecule has 0 unspecified atom stereocenters. The summed E-state index contributed by atoms with van der Waals surface area (Å²) in [5.74, 6) is 0. The number of nitriles is 1. The number of carbonyl (C=O) groups is 1. The molecule has 2 amide bonds. The molecule has 1 saturated heterocycles. The van der Waals surface area contributed by atoms with E-state index in [1.807, 2.05) is 17.0 Å². The molecule has 1 N–H and O–H groups in total. The van der Waals surface area contributed by atoms with Crippen molar-refractivity contribution in [2.24, 2.45) is 0 Å². The molecule has 3 rings (SSSR count). The molecule has 0 radical (unpaired) electrons. The Morgan fingerprint density at radius 3 is 2.29 bits per heavy atom. The summed E-state index contributed by atoms with van der Waals surface area (Å²) in [4.78, 5) is 15.9. The fraction of sp³-hybridized carbons (Fsp3) is 0.263. The van der Waals surface area contributed by atoms with Crippen LogP contribution in [-0.2, 0) is 6.18 Å². The van der Waals surface area contributed by atoms with Gasteiger partial charge in [0.2, 0.25) is 0 Å². The first-order valence-electron chi connectivity index (χ1n) is 8.46. The van der Waals surface area contributed by atoms with Crippen LogP contribution >= 0.6 is 11.6 Å². The van der Waals surface area contributed by atoms with Gasteiger partial charge in [0.1, 0.15) is 0 Å². The number of rotatable bonds is 2. The van der Waals surface area contributed by atoms with E-state index in [4.69, 9.17) is 16.9 Å². The molecule has 1 fully saturated rings. The number of carbonyl (C=O) groups excluding carboxylic acids is 1. The summed E-state index contributed by atoms with van der Waals surface area (Å²) < 4.78 is 39.5. The first-order valence-corrected chi connectivity index (χ1v) is 8.83. The van der Waals surface area contributed by atoms with Gasteiger partial charge in [-0.15, -0.1) is 0 Å². The average molecular weight is 409 g/mol. The Kier molecular flexibility index (Phi) is 5.66. The summed E-state index contributed by atoms with van der Waals surface area (Å²) in [6.07, 6.45) is -4.62. The molecule has 9 heteroatoms. The standard InChI is InChI=1S/C19H16ClF3N4O/c20-14-3-6-17(16(11-14)19(21,22)23)25-18(28)27-9-7-26(8-10-27)15-4-1-13(12-24)2-5-15/h1-6,11H,7-10H2,(H,25,28). The highest BCUT2D eigenvalue weighted by Crippen LogP contribution is 2.36. The number of benzene rings is 2. The van der Waals surface area contributed by atoms with Crippen LogP contribution in [0.2, 0.25) is 5.02 Å². The zero-order valence-corrected chi connectivity index (χ0v) is 15.4. The monoisotopic (exact) mass is 408 g/mol. The number of hydrogen-bond donors (Lipinski definition) is 1. The summed E-state index contributed by atoms with van der Waals surface area (Å²) in [6, 6.07) is 11.8. The van der Waals surface area contributed by atoms with E-state index in [1.54, 1.807) is 12.1 Å². The molecule has 28 heavy (non-hydrogen) atoms. The number of halogens is 4. The highest BCUT2D eigenvalue weighted by molar-refractivity contribution is 6.30. The summed E-state index contributed by atoms with van der Waals surface area (Å²) >= 11 is 5.65. The maximum Gasteiger partial charge on any atom is 0.418 e. The van der Waals surface area contributed by atoms with E-state index < -0.39 is 17.8 Å². The molecule has 0 bridgehead atoms. The van der Waals surface area contributed by atoms with Gasteiger partial charge < -0.3 is 15.1 Å². The largest absolute Gasteiger partial charge is 0.418 e. The molecule has 0 spiro atoms. The van der Waals surface area contributed by atoms with Gasteiger partial charge in [-0.1, -0.05) is 11.6 Å². The number of nitrogens with zero attached hydrogens (tertiary/aromatic N) is 3. The van der Waals surface area contributed by atoms with Crippen molar-refractivity contribution >= 4 is 29.0 Å². The number of hydrogen-bond acceptors (Lipinski definition) is 3. The van der Waals surface area contributed by atoms with Crippen molar-refractivity contribution < 1.29 is 18.0 Å². The van der Waals surface area contributed by atoms with E-state index in [0.717, 1.165) is 17.8 Å². The molecule has 0 aromatic heterocycles. The minimum atomic E-state index is -4.62. The second-order valence-electron chi connectivity index (χ2n) is 6.25. The van der Waals surface area contributed by atoms with Gasteiger partial charge in [-0.3, -0.25) is 0 Å². The lowest BCUT2D eigenvalue weighted by Crippen LogP contribution is -2.50. The summed E-state index contributed by atoms with van der Waals surface area (Å²) in [6.45, 7) is 1.79. The lowest BCUT2D eigenvalue weighted by atomic mass is 10.1. The van der Waals surface area contributed by atoms with Gasteiger partial charge in [0.05, 0.1) is 22.9 Å². The molecule has 1 aliphatic rings. The van der Waals surface area contributed by atoms with Crippen LogP contribution in [-0.4, -0.2) is 37.1 Å². The number of amides is 2. The van der Waals surface area contributed by atoms with Crippen LogP contribution in [0.15, 0.2) is 42.5 Å². The van der Waals surface area contributed by atoms with E-state index in [1.165, 1.54) is 11.0 Å². The van der Waals surface area contributed by atoms with E-state index in [2.05, 4.69) is 11.4 Å². The van der Waals surface area contributed by atoms with Gasteiger partial charge in [-0.05, 0) is 42.5 Å². The van der Waals surface area contributed by atoms with Crippen LogP contribution in [0.5, 0.6) is 0 Å². The Morgan fingerprint density at radius 1 is 1.07 bits per heavy atom. The predicted molar refractivity (Wildman–Crippen MR) is 100 cm³/mol. The van der Waals surface area contributed by atoms with E-state index in [9.17, 15) is 18.0 Å². The van der Waals surface area contributed by atoms with Crippen molar-refractivity contribution in [3.05, 3.63) is 58.6 Å². The van der Waals surface area contributed by atoms with Crippen molar-refractivity contribution in [3.8, 4) is 6.07 Å². The lowest BCUT2D eigenvalue weighted by molar-refractivity contribution is -0.136. The van der Waals surface area contributed by atoms with Crippen LogP contribution in [0.3, 0.4) is 0 Å². The van der Waals surface area contributed by atoms with Gasteiger partial charge in [-0.2, -0.15) is 18.4 Å². The fourth-order valence-electron chi connectivity index (χ4n) is 2.97. The van der Waals surface area contributed by atoms with Gasteiger partial charge in [0.15, 0.2) is 0 Å². The van der Waals surface area contributed by atoms with Crippen molar-refractivity contribution in [3.63, 3.8) is 0 Å². The normalized spacial score (nSPS) is 14.5. The molecule has 0 aliphatic carbocycles. The molecule has 1 heterocycles. The second kappa shape index (κ2) is 7.98. The average Bonchev–Trinajstić information content (AvgIpc) is 2.68. The van der Waals surface area contributed by atoms with Crippen molar-refractivity contribution in [1.29, 1.82) is 5.26 Å². The maximum atomic E-state index is 13.2. The Labute approximate surface area is 164 Å². The molecule has 5 nitrogen and oxygen atoms in total. The summed E-state index contributed by atoms with van der Waals surface area (Å²) in [5.41, 5.74) is 0.183. The molecule has 2 aromatic carbocycles. The third kappa shape index (κ3) is 4.49. The maximum absolute atomic E-state index is 13.2. The van der Waals surface area contributed by atoms with Gasteiger partial charge in [-0.25, -0.2) is 4.79 Å². The van der Waals surface area contributed by atoms with E-state index >= 15 is 0 Å². The molecule has 1 aliphatic heterocycles. The third-order valence-corrected chi connectivity index (χ3v) is 4.69. The van der Waals surface area contributed by atoms with E-state index in [-0.39, 0.29) is 10.7 Å². The molecular formula is C19H16ClF3N4O. The topological polar surface area (TPSA) is 59.4 Å². The SMILES string of the molecule is N#Cc1ccc(N2CCN(C(=O)Nc3ccc(Cl)cc3C(F)(F)F)CC2)cc1. The first kappa shape index (κ1) is 19.8. The van der Waals surface area contributed by atoms with Crippen LogP contribution in [0.4, 0.5) is 29.3 Å². The van der Waals surface area contributed by atoms with Crippen molar-refractivity contribution in [1.82, 2.24) is 4.90 Å². The number of urea groups is 1. The number of nitrogens with one attached hydrogen (secondary N) is 1. The molecule has 2 aromatic rings. The smallest absolute Gasteiger partial charge is 0.368 e. The Hall–Kier alpha value is -2.92. The fourth-order valence-corrected chi connectivity index (χ4v) is 3.14. The quantitative estimate of drug-likeness (QED) is 0.791. The third-order valence-electron chi connectivity index (χ3n) is 4.46. The molecule has 146 valence electrons. The second-order valence-corrected chi connectivity index (χ2v) is 6.69. The summed E-state index contributed by atoms with van der Waals surface area (Å²) in [5, 5.41) is 11.1. The lowest BCUT2D eigenvalue weighted by Gasteiger charge is -2.36. The Morgan fingerprint density at radius 2 is 1.71 bits per heavy atom. The van der Waals surface area contributed by atoms with Crippen LogP contribution in [0, 0.1) is 11.3 Å². The number of alkyl halides is 3. The minimum Gasteiger partial charge on any atom is -0.368 e. The Bertz CT molecular complexity index is 901. The van der Waals surface area contributed by atoms with Crippen LogP contribution in [0.25, 0.3) is 0 Å². The number of anilines is 2. The van der Waals surface area contributed by atoms with Crippen molar-refractivity contribution in [2.45, 2.75) is 6.18 Å². The number of piperazine rings is 1. The van der Waals surface area contributed by atoms with Crippen molar-refractivity contribution in [2.75, 3.05) is 36.4 Å². The van der Waals surface area contributed by atoms with Gasteiger partial charge in [0, 0.05) is 36.9 Å². The zero-order valence-electron chi connectivity index (χ0n) is 14.6. The molecule has 0 atom stereocenters. The molecular weight excluding hydrogens is 393 g/mol. The van der Waals surface area contributed by atoms with Gasteiger partial charge >= 0.3 is 12.2 Å². The predicted octanol–water partition coefficient (Wildman–Crippen LogP) is 4.58. The molecule has 0 saturated carbocycles. The highest BCUT2D eigenvalue weighted by Gasteiger charge is 2.34. The van der Waals surface area contributed by atoms with E-state index in [0.29, 0.717) is 31.7 Å². The highest BCUT2D eigenvalue weighted by atomic mass is 35.5.